The molecular weight excluding hydrogens is 306 g/mol. The molecule has 2 aromatic rings. The molecule has 0 aliphatic carbocycles. The molecule has 18 heavy (non-hydrogen) atoms. The highest BCUT2D eigenvalue weighted by Crippen LogP contribution is 2.29. The second-order valence-electron chi connectivity index (χ2n) is 4.25. The van der Waals surface area contributed by atoms with Gasteiger partial charge in [-0.25, -0.2) is 0 Å². The van der Waals surface area contributed by atoms with Crippen molar-refractivity contribution in [2.24, 2.45) is 5.73 Å². The summed E-state index contributed by atoms with van der Waals surface area (Å²) in [5.74, 6) is 0.991. The molecule has 0 bridgehead atoms. The summed E-state index contributed by atoms with van der Waals surface area (Å²) >= 11 is 5.42. The van der Waals surface area contributed by atoms with E-state index in [1.807, 2.05) is 24.8 Å². The molecule has 0 radical (unpaired) electrons. The first-order valence-electron chi connectivity index (χ1n) is 5.88. The Labute approximate surface area is 121 Å². The lowest BCUT2D eigenvalue weighted by Gasteiger charge is -2.10. The minimum absolute atomic E-state index is 0.0625. The van der Waals surface area contributed by atoms with Crippen molar-refractivity contribution in [3.8, 4) is 0 Å². The van der Waals surface area contributed by atoms with Crippen molar-refractivity contribution in [1.29, 1.82) is 0 Å². The van der Waals surface area contributed by atoms with Gasteiger partial charge in [-0.15, -0.1) is 11.8 Å². The van der Waals surface area contributed by atoms with E-state index in [9.17, 15) is 0 Å². The number of hydrogen-bond donors (Lipinski definition) is 1. The molecule has 94 valence electrons. The number of hydrogen-bond acceptors (Lipinski definition) is 2. The van der Waals surface area contributed by atoms with Gasteiger partial charge in [0.2, 0.25) is 0 Å². The number of nitrogens with two attached hydrogens (primary N) is 1. The Balaban J connectivity index is 2.05. The molecule has 2 aromatic carbocycles. The van der Waals surface area contributed by atoms with Gasteiger partial charge in [0, 0.05) is 21.2 Å². The third kappa shape index (κ3) is 3.61. The molecule has 0 saturated carbocycles. The molecule has 1 nitrogen and oxygen atoms in total. The molecule has 0 unspecified atom stereocenters. The summed E-state index contributed by atoms with van der Waals surface area (Å²) in [5, 5.41) is 0. The highest BCUT2D eigenvalue weighted by atomic mass is 79.9. The Morgan fingerprint density at radius 2 is 1.89 bits per heavy atom. The second kappa shape index (κ2) is 6.41. The molecule has 3 heteroatoms. The molecule has 2 N–H and O–H groups in total. The minimum atomic E-state index is 0.0625. The Kier molecular flexibility index (Phi) is 4.87. The van der Waals surface area contributed by atoms with Crippen LogP contribution in [0.1, 0.15) is 24.1 Å². The average Bonchev–Trinajstić information content (AvgIpc) is 2.37. The van der Waals surface area contributed by atoms with E-state index >= 15 is 0 Å². The van der Waals surface area contributed by atoms with Gasteiger partial charge in [0.15, 0.2) is 0 Å². The van der Waals surface area contributed by atoms with Gasteiger partial charge in [-0.1, -0.05) is 52.3 Å². The van der Waals surface area contributed by atoms with Crippen molar-refractivity contribution < 1.29 is 0 Å². The zero-order valence-electron chi connectivity index (χ0n) is 10.3. The van der Waals surface area contributed by atoms with Crippen LogP contribution in [0.25, 0.3) is 0 Å². The van der Waals surface area contributed by atoms with Gasteiger partial charge >= 0.3 is 0 Å². The quantitative estimate of drug-likeness (QED) is 0.821. The lowest BCUT2D eigenvalue weighted by atomic mass is 10.1. The molecule has 0 aliphatic rings. The third-order valence-electron chi connectivity index (χ3n) is 2.71. The van der Waals surface area contributed by atoms with Crippen molar-refractivity contribution >= 4 is 27.7 Å². The van der Waals surface area contributed by atoms with E-state index in [0.29, 0.717) is 0 Å². The number of benzene rings is 2. The Bertz CT molecular complexity index is 511. The molecule has 2 rings (SSSR count). The molecule has 0 saturated heterocycles. The van der Waals surface area contributed by atoms with Crippen LogP contribution in [0.4, 0.5) is 0 Å². The van der Waals surface area contributed by atoms with Crippen LogP contribution in [0.3, 0.4) is 0 Å². The van der Waals surface area contributed by atoms with Crippen molar-refractivity contribution in [2.45, 2.75) is 23.6 Å². The molecule has 0 amide bonds. The molecule has 0 fully saturated rings. The van der Waals surface area contributed by atoms with Crippen molar-refractivity contribution in [1.82, 2.24) is 0 Å². The number of thioether (sulfide) groups is 1. The van der Waals surface area contributed by atoms with E-state index in [4.69, 9.17) is 5.73 Å². The van der Waals surface area contributed by atoms with Crippen LogP contribution in [0.5, 0.6) is 0 Å². The van der Waals surface area contributed by atoms with E-state index in [1.165, 1.54) is 10.5 Å². The topological polar surface area (TPSA) is 26.0 Å². The largest absolute Gasteiger partial charge is 0.324 e. The van der Waals surface area contributed by atoms with E-state index in [1.54, 1.807) is 0 Å². The van der Waals surface area contributed by atoms with Crippen molar-refractivity contribution in [2.75, 3.05) is 0 Å². The lowest BCUT2D eigenvalue weighted by Crippen LogP contribution is -2.05. The lowest BCUT2D eigenvalue weighted by molar-refractivity contribution is 0.811. The normalized spacial score (nSPS) is 12.4. The van der Waals surface area contributed by atoms with Crippen LogP contribution in [-0.4, -0.2) is 0 Å². The van der Waals surface area contributed by atoms with Crippen LogP contribution in [-0.2, 0) is 5.75 Å². The number of halogens is 1. The Hall–Kier alpha value is -0.770. The summed E-state index contributed by atoms with van der Waals surface area (Å²) in [6, 6.07) is 16.9. The summed E-state index contributed by atoms with van der Waals surface area (Å²) in [5.41, 5.74) is 8.39. The van der Waals surface area contributed by atoms with E-state index in [0.717, 1.165) is 15.8 Å². The highest BCUT2D eigenvalue weighted by Gasteiger charge is 2.06. The summed E-state index contributed by atoms with van der Waals surface area (Å²) < 4.78 is 1.09. The van der Waals surface area contributed by atoms with Gasteiger partial charge < -0.3 is 5.73 Å². The first kappa shape index (κ1) is 13.7. The Morgan fingerprint density at radius 3 is 2.50 bits per heavy atom. The molecular formula is C15H16BrNS. The van der Waals surface area contributed by atoms with Crippen molar-refractivity contribution in [3.05, 3.63) is 64.1 Å². The van der Waals surface area contributed by atoms with Crippen LogP contribution in [0, 0.1) is 0 Å². The van der Waals surface area contributed by atoms with Gasteiger partial charge in [0.25, 0.3) is 0 Å². The molecule has 0 heterocycles. The summed E-state index contributed by atoms with van der Waals surface area (Å²) in [6.45, 7) is 2.00. The van der Waals surface area contributed by atoms with Crippen LogP contribution in [0.15, 0.2) is 57.9 Å². The summed E-state index contributed by atoms with van der Waals surface area (Å²) in [7, 11) is 0. The molecule has 0 spiro atoms. The summed E-state index contributed by atoms with van der Waals surface area (Å²) in [6.07, 6.45) is 0. The van der Waals surface area contributed by atoms with Gasteiger partial charge in [-0.05, 0) is 30.2 Å². The third-order valence-corrected chi connectivity index (χ3v) is 4.46. The van der Waals surface area contributed by atoms with E-state index < -0.39 is 0 Å². The minimum Gasteiger partial charge on any atom is -0.324 e. The SMILES string of the molecule is C[C@H](N)c1ccc(SCc2ccccc2)cc1Br. The monoisotopic (exact) mass is 321 g/mol. The van der Waals surface area contributed by atoms with Crippen LogP contribution < -0.4 is 5.73 Å². The fourth-order valence-corrected chi connectivity index (χ4v) is 3.49. The first-order valence-corrected chi connectivity index (χ1v) is 7.66. The van der Waals surface area contributed by atoms with Gasteiger partial charge in [0.05, 0.1) is 0 Å². The maximum absolute atomic E-state index is 5.89. The van der Waals surface area contributed by atoms with Crippen LogP contribution >= 0.6 is 27.7 Å². The predicted octanol–water partition coefficient (Wildman–Crippen LogP) is 4.76. The van der Waals surface area contributed by atoms with Gasteiger partial charge in [-0.3, -0.25) is 0 Å². The zero-order chi connectivity index (χ0) is 13.0. The molecule has 0 aromatic heterocycles. The fourth-order valence-electron chi connectivity index (χ4n) is 1.71. The Morgan fingerprint density at radius 1 is 1.17 bits per heavy atom. The van der Waals surface area contributed by atoms with E-state index in [-0.39, 0.29) is 6.04 Å². The van der Waals surface area contributed by atoms with E-state index in [2.05, 4.69) is 58.4 Å². The second-order valence-corrected chi connectivity index (χ2v) is 6.15. The first-order chi connectivity index (χ1) is 8.66. The standard InChI is InChI=1S/C15H16BrNS/c1-11(17)14-8-7-13(9-15(14)16)18-10-12-5-3-2-4-6-12/h2-9,11H,10,17H2,1H3/t11-/m0/s1. The maximum atomic E-state index is 5.89. The summed E-state index contributed by atoms with van der Waals surface area (Å²) in [4.78, 5) is 1.26. The van der Waals surface area contributed by atoms with Crippen LogP contribution in [0.2, 0.25) is 0 Å². The van der Waals surface area contributed by atoms with Crippen molar-refractivity contribution in [3.63, 3.8) is 0 Å². The highest BCUT2D eigenvalue weighted by molar-refractivity contribution is 9.10. The average molecular weight is 322 g/mol. The fraction of sp³-hybridized carbons (Fsp3) is 0.200. The maximum Gasteiger partial charge on any atom is 0.0277 e. The van der Waals surface area contributed by atoms with Gasteiger partial charge in [-0.2, -0.15) is 0 Å². The zero-order valence-corrected chi connectivity index (χ0v) is 12.7. The van der Waals surface area contributed by atoms with Gasteiger partial charge in [0.1, 0.15) is 0 Å². The predicted molar refractivity (Wildman–Crippen MR) is 82.7 cm³/mol. The molecule has 0 aliphatic heterocycles. The number of rotatable bonds is 4. The smallest absolute Gasteiger partial charge is 0.0277 e. The molecule has 1 atom stereocenters.